The summed E-state index contributed by atoms with van der Waals surface area (Å²) in [6, 6.07) is 3.58. The van der Waals surface area contributed by atoms with Gasteiger partial charge >= 0.3 is 12.0 Å². The summed E-state index contributed by atoms with van der Waals surface area (Å²) in [5.74, 6) is -1.67. The highest BCUT2D eigenvalue weighted by Crippen LogP contribution is 2.30. The Balaban J connectivity index is 2.46. The first-order valence-corrected chi connectivity index (χ1v) is 5.94. The van der Waals surface area contributed by atoms with Crippen LogP contribution in [0.5, 0.6) is 11.8 Å². The number of rotatable bonds is 4. The molecular weight excluding hydrogens is 334 g/mol. The number of nitro groups is 1. The number of ether oxygens (including phenoxy) is 1. The van der Waals surface area contributed by atoms with Crippen molar-refractivity contribution in [2.45, 2.75) is 0 Å². The van der Waals surface area contributed by atoms with Crippen LogP contribution in [0.1, 0.15) is 10.4 Å². The van der Waals surface area contributed by atoms with E-state index in [1.54, 1.807) is 0 Å². The van der Waals surface area contributed by atoms with Gasteiger partial charge in [0, 0.05) is 18.5 Å². The fraction of sp³-hybridized carbons (Fsp3) is 0. The third-order valence-corrected chi connectivity index (χ3v) is 2.62. The molecule has 0 fully saturated rings. The third kappa shape index (κ3) is 2.88. The number of aromatic nitrogens is 2. The van der Waals surface area contributed by atoms with Crippen LogP contribution < -0.4 is 4.74 Å². The molecule has 1 N–H and O–H groups in total. The van der Waals surface area contributed by atoms with Crippen LogP contribution >= 0.6 is 15.9 Å². The number of benzene rings is 1. The Labute approximate surface area is 120 Å². The SMILES string of the molecule is O=C(O)c1c(Oc2ncc(Br)cn2)cccc1[N+](=O)[O-]. The second-order valence-corrected chi connectivity index (χ2v) is 4.41. The highest BCUT2D eigenvalue weighted by molar-refractivity contribution is 9.10. The van der Waals surface area contributed by atoms with Gasteiger partial charge in [-0.3, -0.25) is 10.1 Å². The van der Waals surface area contributed by atoms with Gasteiger partial charge in [-0.15, -0.1) is 0 Å². The summed E-state index contributed by atoms with van der Waals surface area (Å²) < 4.78 is 5.80. The predicted molar refractivity (Wildman–Crippen MR) is 69.9 cm³/mol. The Morgan fingerprint density at radius 3 is 2.55 bits per heavy atom. The number of hydrogen-bond donors (Lipinski definition) is 1. The number of carboxylic acids is 1. The number of carboxylic acid groups (broad SMARTS) is 1. The average molecular weight is 340 g/mol. The third-order valence-electron chi connectivity index (χ3n) is 2.21. The van der Waals surface area contributed by atoms with E-state index < -0.39 is 22.1 Å². The van der Waals surface area contributed by atoms with Crippen LogP contribution in [0.2, 0.25) is 0 Å². The molecule has 0 radical (unpaired) electrons. The highest BCUT2D eigenvalue weighted by atomic mass is 79.9. The zero-order chi connectivity index (χ0) is 14.7. The Morgan fingerprint density at radius 1 is 1.35 bits per heavy atom. The molecule has 2 rings (SSSR count). The largest absolute Gasteiger partial charge is 0.477 e. The van der Waals surface area contributed by atoms with Crippen LogP contribution in [0.4, 0.5) is 5.69 Å². The van der Waals surface area contributed by atoms with Crippen LogP contribution in [-0.4, -0.2) is 26.0 Å². The maximum Gasteiger partial charge on any atom is 0.346 e. The zero-order valence-corrected chi connectivity index (χ0v) is 11.3. The molecule has 8 nitrogen and oxygen atoms in total. The summed E-state index contributed by atoms with van der Waals surface area (Å²) in [5.41, 5.74) is -1.11. The lowest BCUT2D eigenvalue weighted by Crippen LogP contribution is -2.05. The van der Waals surface area contributed by atoms with Crippen LogP contribution in [0.15, 0.2) is 35.1 Å². The summed E-state index contributed by atoms with van der Waals surface area (Å²) in [6.45, 7) is 0. The number of halogens is 1. The Bertz CT molecular complexity index is 674. The van der Waals surface area contributed by atoms with Gasteiger partial charge in [0.05, 0.1) is 9.40 Å². The van der Waals surface area contributed by atoms with E-state index in [1.165, 1.54) is 24.5 Å². The monoisotopic (exact) mass is 339 g/mol. The molecule has 0 amide bonds. The highest BCUT2D eigenvalue weighted by Gasteiger charge is 2.25. The van der Waals surface area contributed by atoms with E-state index in [1.807, 2.05) is 0 Å². The minimum Gasteiger partial charge on any atom is -0.477 e. The van der Waals surface area contributed by atoms with Crippen LogP contribution in [0.25, 0.3) is 0 Å². The number of carbonyl (C=O) groups is 1. The molecule has 20 heavy (non-hydrogen) atoms. The number of hydrogen-bond acceptors (Lipinski definition) is 6. The van der Waals surface area contributed by atoms with Crippen molar-refractivity contribution in [2.75, 3.05) is 0 Å². The molecule has 1 heterocycles. The lowest BCUT2D eigenvalue weighted by molar-refractivity contribution is -0.385. The van der Waals surface area contributed by atoms with E-state index in [9.17, 15) is 14.9 Å². The molecule has 0 saturated heterocycles. The Hall–Kier alpha value is -2.55. The van der Waals surface area contributed by atoms with Gasteiger partial charge in [0.15, 0.2) is 11.3 Å². The van der Waals surface area contributed by atoms with E-state index in [0.717, 1.165) is 6.07 Å². The van der Waals surface area contributed by atoms with Crippen LogP contribution in [-0.2, 0) is 0 Å². The standard InChI is InChI=1S/C11H6BrN3O5/c12-6-4-13-11(14-5-6)20-8-3-1-2-7(15(18)19)9(8)10(16)17/h1-5H,(H,16,17). The van der Waals surface area contributed by atoms with Crippen molar-refractivity contribution in [3.63, 3.8) is 0 Å². The molecule has 0 bridgehead atoms. The van der Waals surface area contributed by atoms with Crippen molar-refractivity contribution in [3.8, 4) is 11.8 Å². The molecule has 0 saturated carbocycles. The molecule has 9 heteroatoms. The topological polar surface area (TPSA) is 115 Å². The second-order valence-electron chi connectivity index (χ2n) is 3.50. The van der Waals surface area contributed by atoms with E-state index >= 15 is 0 Å². The van der Waals surface area contributed by atoms with Crippen molar-refractivity contribution in [1.82, 2.24) is 9.97 Å². The predicted octanol–water partition coefficient (Wildman–Crippen LogP) is 2.64. The molecule has 0 spiro atoms. The zero-order valence-electron chi connectivity index (χ0n) is 9.69. The minimum absolute atomic E-state index is 0.115. The maximum absolute atomic E-state index is 11.2. The Morgan fingerprint density at radius 2 is 2.00 bits per heavy atom. The van der Waals surface area contributed by atoms with Crippen molar-refractivity contribution >= 4 is 27.6 Å². The second kappa shape index (κ2) is 5.61. The van der Waals surface area contributed by atoms with Crippen molar-refractivity contribution in [3.05, 3.63) is 50.7 Å². The quantitative estimate of drug-likeness (QED) is 0.672. The minimum atomic E-state index is -1.47. The van der Waals surface area contributed by atoms with Crippen molar-refractivity contribution in [2.24, 2.45) is 0 Å². The van der Waals surface area contributed by atoms with E-state index in [-0.39, 0.29) is 11.8 Å². The van der Waals surface area contributed by atoms with Gasteiger partial charge < -0.3 is 9.84 Å². The Kier molecular flexibility index (Phi) is 3.89. The fourth-order valence-electron chi connectivity index (χ4n) is 1.42. The summed E-state index contributed by atoms with van der Waals surface area (Å²) in [5, 5.41) is 19.9. The molecule has 102 valence electrons. The lowest BCUT2D eigenvalue weighted by Gasteiger charge is -2.07. The van der Waals surface area contributed by atoms with Crippen molar-refractivity contribution in [1.29, 1.82) is 0 Å². The fourth-order valence-corrected chi connectivity index (χ4v) is 1.63. The molecule has 1 aromatic heterocycles. The number of nitro benzene ring substituents is 1. The van der Waals surface area contributed by atoms with Gasteiger partial charge in [-0.25, -0.2) is 14.8 Å². The molecule has 1 aromatic carbocycles. The average Bonchev–Trinajstić information content (AvgIpc) is 2.40. The number of nitrogens with zero attached hydrogens (tertiary/aromatic N) is 3. The van der Waals surface area contributed by atoms with Gasteiger partial charge in [0.25, 0.3) is 5.69 Å². The van der Waals surface area contributed by atoms with Gasteiger partial charge in [0.1, 0.15) is 0 Å². The first-order valence-electron chi connectivity index (χ1n) is 5.15. The first kappa shape index (κ1) is 13.9. The molecule has 2 aromatic rings. The summed E-state index contributed by atoms with van der Waals surface area (Å²) in [6.07, 6.45) is 2.81. The summed E-state index contributed by atoms with van der Waals surface area (Å²) in [4.78, 5) is 28.8. The summed E-state index contributed by atoms with van der Waals surface area (Å²) >= 11 is 3.14. The normalized spacial score (nSPS) is 10.1. The van der Waals surface area contributed by atoms with Crippen molar-refractivity contribution < 1.29 is 19.6 Å². The number of aromatic carboxylic acids is 1. The molecular formula is C11H6BrN3O5. The van der Waals surface area contributed by atoms with E-state index in [4.69, 9.17) is 9.84 Å². The molecule has 0 atom stereocenters. The molecule has 0 aliphatic rings. The first-order chi connectivity index (χ1) is 9.49. The summed E-state index contributed by atoms with van der Waals surface area (Å²) in [7, 11) is 0. The molecule has 0 unspecified atom stereocenters. The smallest absolute Gasteiger partial charge is 0.346 e. The van der Waals surface area contributed by atoms with Gasteiger partial charge in [-0.05, 0) is 22.0 Å². The molecule has 0 aliphatic heterocycles. The van der Waals surface area contributed by atoms with Crippen LogP contribution in [0.3, 0.4) is 0 Å². The van der Waals surface area contributed by atoms with E-state index in [2.05, 4.69) is 25.9 Å². The maximum atomic E-state index is 11.2. The van der Waals surface area contributed by atoms with Crippen LogP contribution in [0, 0.1) is 10.1 Å². The lowest BCUT2D eigenvalue weighted by atomic mass is 10.1. The van der Waals surface area contributed by atoms with Gasteiger partial charge in [-0.2, -0.15) is 0 Å². The molecule has 0 aliphatic carbocycles. The van der Waals surface area contributed by atoms with E-state index in [0.29, 0.717) is 4.47 Å². The van der Waals surface area contributed by atoms with Gasteiger partial charge in [-0.1, -0.05) is 6.07 Å². The van der Waals surface area contributed by atoms with Gasteiger partial charge in [0.2, 0.25) is 0 Å².